The number of aromatic amines is 1. The van der Waals surface area contributed by atoms with E-state index in [0.29, 0.717) is 11.5 Å². The summed E-state index contributed by atoms with van der Waals surface area (Å²) in [5, 5.41) is 15.3. The van der Waals surface area contributed by atoms with E-state index in [2.05, 4.69) is 10.2 Å². The van der Waals surface area contributed by atoms with E-state index < -0.39 is 11.6 Å². The molecule has 1 aromatic rings. The molecule has 0 aliphatic carbocycles. The minimum Gasteiger partial charge on any atom is -0.465 e. The Balaban J connectivity index is 3.01. The molecular weight excluding hydrogens is 184 g/mol. The van der Waals surface area contributed by atoms with Gasteiger partial charge in [-0.15, -0.1) is 0 Å². The van der Waals surface area contributed by atoms with E-state index >= 15 is 0 Å². The number of nitrogens with zero attached hydrogens (tertiary/aromatic N) is 2. The molecule has 0 saturated heterocycles. The molecule has 0 saturated carbocycles. The Morgan fingerprint density at radius 3 is 2.64 bits per heavy atom. The van der Waals surface area contributed by atoms with Crippen molar-refractivity contribution in [2.45, 2.75) is 19.4 Å². The second-order valence-electron chi connectivity index (χ2n) is 3.61. The molecular formula is C8H14N4O2. The summed E-state index contributed by atoms with van der Waals surface area (Å²) >= 11 is 0. The highest BCUT2D eigenvalue weighted by Gasteiger charge is 2.31. The van der Waals surface area contributed by atoms with E-state index in [9.17, 15) is 4.79 Å². The average molecular weight is 198 g/mol. The quantitative estimate of drug-likeness (QED) is 0.656. The number of nitrogens with one attached hydrogen (secondary N) is 1. The lowest BCUT2D eigenvalue weighted by molar-refractivity contribution is 0.108. The number of nitrogen functional groups attached to an aromatic ring is 1. The van der Waals surface area contributed by atoms with Crippen LogP contribution in [0.5, 0.6) is 0 Å². The first kappa shape index (κ1) is 10.4. The lowest BCUT2D eigenvalue weighted by Gasteiger charge is -2.32. The summed E-state index contributed by atoms with van der Waals surface area (Å²) in [6.07, 6.45) is -0.997. The summed E-state index contributed by atoms with van der Waals surface area (Å²) in [4.78, 5) is 12.0. The van der Waals surface area contributed by atoms with Gasteiger partial charge in [-0.3, -0.25) is 5.10 Å². The van der Waals surface area contributed by atoms with Crippen LogP contribution in [0.3, 0.4) is 0 Å². The third-order valence-electron chi connectivity index (χ3n) is 2.38. The minimum absolute atomic E-state index is 0.354. The van der Waals surface area contributed by atoms with Crippen molar-refractivity contribution >= 4 is 11.9 Å². The summed E-state index contributed by atoms with van der Waals surface area (Å²) in [6, 6.07) is 1.62. The minimum atomic E-state index is -0.997. The van der Waals surface area contributed by atoms with Crippen LogP contribution in [0.4, 0.5) is 10.6 Å². The molecule has 0 aromatic carbocycles. The van der Waals surface area contributed by atoms with E-state index in [1.54, 1.807) is 19.9 Å². The molecule has 0 radical (unpaired) electrons. The van der Waals surface area contributed by atoms with E-state index in [1.165, 1.54) is 11.9 Å². The van der Waals surface area contributed by atoms with Crippen LogP contribution >= 0.6 is 0 Å². The monoisotopic (exact) mass is 198 g/mol. The summed E-state index contributed by atoms with van der Waals surface area (Å²) < 4.78 is 0. The summed E-state index contributed by atoms with van der Waals surface area (Å²) in [7, 11) is 1.50. The summed E-state index contributed by atoms with van der Waals surface area (Å²) in [5.41, 5.74) is 5.44. The molecule has 0 aliphatic rings. The van der Waals surface area contributed by atoms with Crippen LogP contribution in [0.2, 0.25) is 0 Å². The molecule has 6 heteroatoms. The van der Waals surface area contributed by atoms with Crippen LogP contribution in [0.25, 0.3) is 0 Å². The fourth-order valence-electron chi connectivity index (χ4n) is 1.07. The largest absolute Gasteiger partial charge is 0.465 e. The van der Waals surface area contributed by atoms with Crippen molar-refractivity contribution in [1.29, 1.82) is 0 Å². The lowest BCUT2D eigenvalue weighted by Crippen LogP contribution is -2.42. The van der Waals surface area contributed by atoms with Gasteiger partial charge in [0.1, 0.15) is 5.82 Å². The van der Waals surface area contributed by atoms with Gasteiger partial charge in [0.05, 0.1) is 11.2 Å². The Labute approximate surface area is 81.7 Å². The fraction of sp³-hybridized carbons (Fsp3) is 0.500. The molecule has 1 aromatic heterocycles. The van der Waals surface area contributed by atoms with Crippen molar-refractivity contribution in [2.24, 2.45) is 0 Å². The van der Waals surface area contributed by atoms with Crippen molar-refractivity contribution in [3.63, 3.8) is 0 Å². The van der Waals surface area contributed by atoms with Crippen molar-refractivity contribution < 1.29 is 9.90 Å². The molecule has 1 heterocycles. The van der Waals surface area contributed by atoms with Gasteiger partial charge in [-0.05, 0) is 13.8 Å². The zero-order valence-corrected chi connectivity index (χ0v) is 8.40. The maximum atomic E-state index is 10.8. The van der Waals surface area contributed by atoms with E-state index in [4.69, 9.17) is 10.8 Å². The van der Waals surface area contributed by atoms with E-state index in [0.717, 1.165) is 0 Å². The number of nitrogens with two attached hydrogens (primary N) is 1. The Hall–Kier alpha value is -1.72. The first-order chi connectivity index (χ1) is 6.35. The van der Waals surface area contributed by atoms with Gasteiger partial charge in [-0.1, -0.05) is 0 Å². The second kappa shape index (κ2) is 3.21. The lowest BCUT2D eigenvalue weighted by atomic mass is 9.99. The van der Waals surface area contributed by atoms with Gasteiger partial charge in [0.2, 0.25) is 0 Å². The molecule has 14 heavy (non-hydrogen) atoms. The van der Waals surface area contributed by atoms with Gasteiger partial charge < -0.3 is 15.7 Å². The number of carbonyl (C=O) groups is 1. The maximum Gasteiger partial charge on any atom is 0.407 e. The van der Waals surface area contributed by atoms with Crippen LogP contribution in [0.15, 0.2) is 6.07 Å². The number of rotatable bonds is 2. The Bertz CT molecular complexity index is 345. The third-order valence-corrected chi connectivity index (χ3v) is 2.38. The zero-order valence-electron chi connectivity index (χ0n) is 8.40. The first-order valence-corrected chi connectivity index (χ1v) is 4.14. The standard InChI is InChI=1S/C8H14N4O2/c1-8(2,12(3)7(13)14)5-4-6(9)11-10-5/h4H,1-3H3,(H,13,14)(H3,9,10,11). The molecule has 6 nitrogen and oxygen atoms in total. The zero-order chi connectivity index (χ0) is 10.9. The van der Waals surface area contributed by atoms with Crippen LogP contribution < -0.4 is 5.73 Å². The molecule has 0 atom stereocenters. The number of aromatic nitrogens is 2. The van der Waals surface area contributed by atoms with Crippen LogP contribution in [0, 0.1) is 0 Å². The number of anilines is 1. The Morgan fingerprint density at radius 1 is 1.71 bits per heavy atom. The number of hydrogen-bond donors (Lipinski definition) is 3. The first-order valence-electron chi connectivity index (χ1n) is 4.14. The Morgan fingerprint density at radius 2 is 2.29 bits per heavy atom. The van der Waals surface area contributed by atoms with Crippen LogP contribution in [0.1, 0.15) is 19.5 Å². The second-order valence-corrected chi connectivity index (χ2v) is 3.61. The highest BCUT2D eigenvalue weighted by molar-refractivity contribution is 5.66. The van der Waals surface area contributed by atoms with E-state index in [-0.39, 0.29) is 0 Å². The normalized spacial score (nSPS) is 11.4. The van der Waals surface area contributed by atoms with Crippen molar-refractivity contribution in [2.75, 3.05) is 12.8 Å². The number of carboxylic acid groups (broad SMARTS) is 1. The van der Waals surface area contributed by atoms with E-state index in [1.807, 2.05) is 0 Å². The predicted octanol–water partition coefficient (Wildman–Crippen LogP) is 0.837. The molecule has 4 N–H and O–H groups in total. The molecule has 0 fully saturated rings. The molecule has 0 aliphatic heterocycles. The predicted molar refractivity (Wildman–Crippen MR) is 51.8 cm³/mol. The molecule has 78 valence electrons. The summed E-state index contributed by atoms with van der Waals surface area (Å²) in [5.74, 6) is 0.354. The third kappa shape index (κ3) is 1.63. The highest BCUT2D eigenvalue weighted by Crippen LogP contribution is 2.25. The molecule has 0 bridgehead atoms. The molecule has 0 spiro atoms. The Kier molecular flexibility index (Phi) is 2.37. The van der Waals surface area contributed by atoms with Crippen molar-refractivity contribution in [1.82, 2.24) is 15.1 Å². The van der Waals surface area contributed by atoms with Gasteiger partial charge in [0, 0.05) is 13.1 Å². The van der Waals surface area contributed by atoms with Gasteiger partial charge >= 0.3 is 6.09 Å². The van der Waals surface area contributed by atoms with Gasteiger partial charge in [-0.25, -0.2) is 4.79 Å². The van der Waals surface area contributed by atoms with Gasteiger partial charge in [-0.2, -0.15) is 5.10 Å². The van der Waals surface area contributed by atoms with Gasteiger partial charge in [0.15, 0.2) is 0 Å². The fourth-order valence-corrected chi connectivity index (χ4v) is 1.07. The average Bonchev–Trinajstić information content (AvgIpc) is 2.50. The highest BCUT2D eigenvalue weighted by atomic mass is 16.4. The smallest absolute Gasteiger partial charge is 0.407 e. The number of hydrogen-bond acceptors (Lipinski definition) is 3. The van der Waals surface area contributed by atoms with Crippen LogP contribution in [-0.4, -0.2) is 33.3 Å². The molecule has 1 amide bonds. The number of H-pyrrole nitrogens is 1. The van der Waals surface area contributed by atoms with Crippen molar-refractivity contribution in [3.05, 3.63) is 11.8 Å². The maximum absolute atomic E-state index is 10.8. The van der Waals surface area contributed by atoms with Gasteiger partial charge in [0.25, 0.3) is 0 Å². The summed E-state index contributed by atoms with van der Waals surface area (Å²) in [6.45, 7) is 3.54. The SMILES string of the molecule is CN(C(=O)O)C(C)(C)c1cc(N)n[nH]1. The molecule has 0 unspecified atom stereocenters. The molecule has 1 rings (SSSR count). The topological polar surface area (TPSA) is 95.2 Å². The van der Waals surface area contributed by atoms with Crippen LogP contribution in [-0.2, 0) is 5.54 Å². The van der Waals surface area contributed by atoms with Crippen molar-refractivity contribution in [3.8, 4) is 0 Å². The number of amides is 1.